The van der Waals surface area contributed by atoms with Crippen molar-refractivity contribution in [3.05, 3.63) is 47.3 Å². The molecule has 150 valence electrons. The molecule has 29 heavy (non-hydrogen) atoms. The van der Waals surface area contributed by atoms with Gasteiger partial charge in [-0.1, -0.05) is 0 Å². The minimum Gasteiger partial charge on any atom is -0.477 e. The van der Waals surface area contributed by atoms with Crippen LogP contribution in [-0.4, -0.2) is 52.3 Å². The normalized spacial score (nSPS) is 17.0. The lowest BCUT2D eigenvalue weighted by Gasteiger charge is -2.36. The molecule has 0 unspecified atom stereocenters. The van der Waals surface area contributed by atoms with Gasteiger partial charge in [0.1, 0.15) is 6.33 Å². The van der Waals surface area contributed by atoms with Crippen LogP contribution in [0.15, 0.2) is 41.7 Å². The third-order valence-electron chi connectivity index (χ3n) is 5.68. The number of aromatic nitrogens is 4. The van der Waals surface area contributed by atoms with Gasteiger partial charge < -0.3 is 19.1 Å². The highest BCUT2D eigenvalue weighted by Crippen LogP contribution is 2.32. The van der Waals surface area contributed by atoms with Crippen LogP contribution in [-0.2, 0) is 7.05 Å². The van der Waals surface area contributed by atoms with Crippen molar-refractivity contribution in [2.24, 2.45) is 13.0 Å². The first-order valence-electron chi connectivity index (χ1n) is 10.1. The molecule has 2 aromatic heterocycles. The van der Waals surface area contributed by atoms with Gasteiger partial charge in [-0.25, -0.2) is 15.0 Å². The second-order valence-electron chi connectivity index (χ2n) is 7.78. The monoisotopic (exact) mass is 392 g/mol. The Morgan fingerprint density at radius 1 is 1.07 bits per heavy atom. The SMILES string of the molecule is Cn1ccnc(N2CCN(c3ccc4ncnc(OCC5CC5)c4c3)CC2)c1=O. The summed E-state index contributed by atoms with van der Waals surface area (Å²) >= 11 is 0. The van der Waals surface area contributed by atoms with E-state index in [0.717, 1.165) is 49.4 Å². The average Bonchev–Trinajstić information content (AvgIpc) is 3.58. The van der Waals surface area contributed by atoms with Gasteiger partial charge in [-0.3, -0.25) is 4.79 Å². The molecule has 0 amide bonds. The quantitative estimate of drug-likeness (QED) is 0.656. The van der Waals surface area contributed by atoms with Crippen molar-refractivity contribution in [1.82, 2.24) is 19.5 Å². The van der Waals surface area contributed by atoms with Crippen molar-refractivity contribution in [3.8, 4) is 5.88 Å². The van der Waals surface area contributed by atoms with E-state index in [-0.39, 0.29) is 5.56 Å². The lowest BCUT2D eigenvalue weighted by molar-refractivity contribution is 0.292. The Kier molecular flexibility index (Phi) is 4.54. The lowest BCUT2D eigenvalue weighted by atomic mass is 10.2. The second kappa shape index (κ2) is 7.35. The molecule has 0 radical (unpaired) electrons. The number of benzene rings is 1. The molecule has 1 saturated carbocycles. The molecule has 0 bridgehead atoms. The fraction of sp³-hybridized carbons (Fsp3) is 0.429. The molecular formula is C21H24N6O2. The summed E-state index contributed by atoms with van der Waals surface area (Å²) in [7, 11) is 1.75. The Hall–Kier alpha value is -3.16. The van der Waals surface area contributed by atoms with Crippen LogP contribution in [0.4, 0.5) is 11.5 Å². The van der Waals surface area contributed by atoms with E-state index in [9.17, 15) is 4.79 Å². The zero-order chi connectivity index (χ0) is 19.8. The predicted octanol–water partition coefficient (Wildman–Crippen LogP) is 1.84. The number of anilines is 2. The number of piperazine rings is 1. The summed E-state index contributed by atoms with van der Waals surface area (Å²) in [4.78, 5) is 29.7. The van der Waals surface area contributed by atoms with E-state index in [1.54, 1.807) is 30.3 Å². The molecule has 1 aromatic carbocycles. The smallest absolute Gasteiger partial charge is 0.293 e. The van der Waals surface area contributed by atoms with Crippen molar-refractivity contribution >= 4 is 22.4 Å². The van der Waals surface area contributed by atoms with Crippen LogP contribution < -0.4 is 20.1 Å². The van der Waals surface area contributed by atoms with Crippen LogP contribution in [0.1, 0.15) is 12.8 Å². The third-order valence-corrected chi connectivity index (χ3v) is 5.68. The summed E-state index contributed by atoms with van der Waals surface area (Å²) < 4.78 is 7.53. The summed E-state index contributed by atoms with van der Waals surface area (Å²) in [6.45, 7) is 3.86. The van der Waals surface area contributed by atoms with Crippen molar-refractivity contribution in [2.75, 3.05) is 42.6 Å². The molecule has 1 aliphatic carbocycles. The first-order chi connectivity index (χ1) is 14.2. The summed E-state index contributed by atoms with van der Waals surface area (Å²) in [6, 6.07) is 6.24. The number of nitrogens with zero attached hydrogens (tertiary/aromatic N) is 6. The van der Waals surface area contributed by atoms with E-state index in [1.165, 1.54) is 12.8 Å². The van der Waals surface area contributed by atoms with Crippen molar-refractivity contribution < 1.29 is 4.74 Å². The predicted molar refractivity (Wildman–Crippen MR) is 112 cm³/mol. The molecular weight excluding hydrogens is 368 g/mol. The molecule has 2 fully saturated rings. The van der Waals surface area contributed by atoms with Gasteiger partial charge in [-0.15, -0.1) is 0 Å². The Bertz CT molecular complexity index is 1090. The van der Waals surface area contributed by atoms with Crippen LogP contribution in [0.25, 0.3) is 10.9 Å². The number of hydrogen-bond donors (Lipinski definition) is 0. The molecule has 1 aliphatic heterocycles. The maximum Gasteiger partial charge on any atom is 0.293 e. The first-order valence-corrected chi connectivity index (χ1v) is 10.1. The van der Waals surface area contributed by atoms with Gasteiger partial charge in [-0.2, -0.15) is 0 Å². The zero-order valence-electron chi connectivity index (χ0n) is 16.5. The van der Waals surface area contributed by atoms with Gasteiger partial charge in [0.15, 0.2) is 5.82 Å². The van der Waals surface area contributed by atoms with Crippen LogP contribution in [0.5, 0.6) is 5.88 Å². The minimum absolute atomic E-state index is 0.0544. The average molecular weight is 392 g/mol. The second-order valence-corrected chi connectivity index (χ2v) is 7.78. The molecule has 2 aliphatic rings. The topological polar surface area (TPSA) is 76.4 Å². The maximum atomic E-state index is 12.3. The standard InChI is InChI=1S/C21H24N6O2/c1-25-7-6-22-19(21(25)28)27-10-8-26(9-11-27)16-4-5-18-17(12-16)20(24-14-23-18)29-13-15-2-3-15/h4-7,12,14-15H,2-3,8-11,13H2,1H3. The zero-order valence-corrected chi connectivity index (χ0v) is 16.5. The Morgan fingerprint density at radius 2 is 1.86 bits per heavy atom. The lowest BCUT2D eigenvalue weighted by Crippen LogP contribution is -2.48. The van der Waals surface area contributed by atoms with Gasteiger partial charge in [-0.05, 0) is 37.0 Å². The van der Waals surface area contributed by atoms with E-state index in [2.05, 4.69) is 36.9 Å². The van der Waals surface area contributed by atoms with E-state index < -0.39 is 0 Å². The third kappa shape index (κ3) is 3.62. The van der Waals surface area contributed by atoms with Gasteiger partial charge in [0.25, 0.3) is 5.56 Å². The highest BCUT2D eigenvalue weighted by Gasteiger charge is 2.23. The number of fused-ring (bicyclic) bond motifs is 1. The summed E-state index contributed by atoms with van der Waals surface area (Å²) in [6.07, 6.45) is 7.42. The molecule has 0 spiro atoms. The molecule has 3 aromatic rings. The van der Waals surface area contributed by atoms with E-state index in [0.29, 0.717) is 17.6 Å². The first kappa shape index (κ1) is 17.9. The molecule has 8 nitrogen and oxygen atoms in total. The Balaban J connectivity index is 1.34. The van der Waals surface area contributed by atoms with Crippen LogP contribution in [0.2, 0.25) is 0 Å². The number of rotatable bonds is 5. The number of hydrogen-bond acceptors (Lipinski definition) is 7. The number of ether oxygens (including phenoxy) is 1. The molecule has 3 heterocycles. The van der Waals surface area contributed by atoms with E-state index >= 15 is 0 Å². The van der Waals surface area contributed by atoms with Gasteiger partial charge >= 0.3 is 0 Å². The van der Waals surface area contributed by atoms with E-state index in [4.69, 9.17) is 4.74 Å². The highest BCUT2D eigenvalue weighted by atomic mass is 16.5. The fourth-order valence-electron chi connectivity index (χ4n) is 3.69. The number of aryl methyl sites for hydroxylation is 1. The van der Waals surface area contributed by atoms with Crippen LogP contribution in [0, 0.1) is 5.92 Å². The summed E-state index contributed by atoms with van der Waals surface area (Å²) in [5.41, 5.74) is 1.96. The minimum atomic E-state index is -0.0544. The molecule has 0 atom stereocenters. The Morgan fingerprint density at radius 3 is 2.66 bits per heavy atom. The molecule has 0 N–H and O–H groups in total. The van der Waals surface area contributed by atoms with Crippen LogP contribution in [0.3, 0.4) is 0 Å². The molecule has 1 saturated heterocycles. The largest absolute Gasteiger partial charge is 0.477 e. The molecule has 8 heteroatoms. The summed E-state index contributed by atoms with van der Waals surface area (Å²) in [5, 5.41) is 0.951. The maximum absolute atomic E-state index is 12.3. The highest BCUT2D eigenvalue weighted by molar-refractivity contribution is 5.86. The summed E-state index contributed by atoms with van der Waals surface area (Å²) in [5.74, 6) is 1.87. The van der Waals surface area contributed by atoms with Crippen molar-refractivity contribution in [2.45, 2.75) is 12.8 Å². The van der Waals surface area contributed by atoms with Crippen molar-refractivity contribution in [1.29, 1.82) is 0 Å². The van der Waals surface area contributed by atoms with E-state index in [1.807, 2.05) is 6.07 Å². The fourth-order valence-corrected chi connectivity index (χ4v) is 3.69. The van der Waals surface area contributed by atoms with Gasteiger partial charge in [0.2, 0.25) is 5.88 Å². The van der Waals surface area contributed by atoms with Gasteiger partial charge in [0.05, 0.1) is 17.5 Å². The van der Waals surface area contributed by atoms with Crippen molar-refractivity contribution in [3.63, 3.8) is 0 Å². The molecule has 5 rings (SSSR count). The Labute approximate surface area is 168 Å². The van der Waals surface area contributed by atoms with Gasteiger partial charge in [0, 0.05) is 51.3 Å². The van der Waals surface area contributed by atoms with Crippen LogP contribution >= 0.6 is 0 Å².